The molecule has 2 heterocycles. The zero-order valence-electron chi connectivity index (χ0n) is 18.3. The van der Waals surface area contributed by atoms with Crippen molar-refractivity contribution in [3.05, 3.63) is 65.7 Å². The third-order valence-corrected chi connectivity index (χ3v) is 8.42. The molecule has 0 bridgehead atoms. The number of amides is 1. The van der Waals surface area contributed by atoms with Gasteiger partial charge in [0.05, 0.1) is 10.9 Å². The highest BCUT2D eigenvalue weighted by molar-refractivity contribution is 7.89. The van der Waals surface area contributed by atoms with Gasteiger partial charge in [-0.05, 0) is 55.6 Å². The molecule has 31 heavy (non-hydrogen) atoms. The Bertz CT molecular complexity index is 1000. The van der Waals surface area contributed by atoms with Crippen molar-refractivity contribution in [3.8, 4) is 0 Å². The number of likely N-dealkylation sites (N-methyl/N-ethyl adjacent to an activating group) is 1. The average Bonchev–Trinajstić information content (AvgIpc) is 2.79. The Kier molecular flexibility index (Phi) is 6.46. The molecule has 2 aromatic rings. The molecule has 0 spiro atoms. The van der Waals surface area contributed by atoms with Crippen molar-refractivity contribution in [1.82, 2.24) is 14.1 Å². The first-order valence-electron chi connectivity index (χ1n) is 11.0. The van der Waals surface area contributed by atoms with E-state index >= 15 is 0 Å². The van der Waals surface area contributed by atoms with E-state index in [2.05, 4.69) is 31.0 Å². The van der Waals surface area contributed by atoms with Crippen LogP contribution >= 0.6 is 0 Å². The van der Waals surface area contributed by atoms with E-state index in [0.717, 1.165) is 31.5 Å². The number of piperazine rings is 1. The van der Waals surface area contributed by atoms with Gasteiger partial charge in [-0.15, -0.1) is 0 Å². The molecule has 1 amide bonds. The number of nitrogens with zero attached hydrogens (tertiary/aromatic N) is 3. The second-order valence-electron chi connectivity index (χ2n) is 8.80. The molecule has 1 atom stereocenters. The Morgan fingerprint density at radius 3 is 2.19 bits per heavy atom. The Hall–Kier alpha value is -2.22. The van der Waals surface area contributed by atoms with Crippen LogP contribution in [0.2, 0.25) is 0 Å². The van der Waals surface area contributed by atoms with Gasteiger partial charge >= 0.3 is 0 Å². The maximum atomic E-state index is 13.3. The fraction of sp³-hybridized carbons (Fsp3) is 0.458. The summed E-state index contributed by atoms with van der Waals surface area (Å²) in [5.74, 6) is 0.505. The molecule has 0 saturated carbocycles. The van der Waals surface area contributed by atoms with Gasteiger partial charge in [-0.25, -0.2) is 8.42 Å². The zero-order valence-corrected chi connectivity index (χ0v) is 19.1. The van der Waals surface area contributed by atoms with Crippen LogP contribution in [0, 0.1) is 5.92 Å². The summed E-state index contributed by atoms with van der Waals surface area (Å²) in [6.45, 7) is 5.51. The van der Waals surface area contributed by atoms with Crippen LogP contribution in [0.3, 0.4) is 0 Å². The topological polar surface area (TPSA) is 60.9 Å². The lowest BCUT2D eigenvalue weighted by Gasteiger charge is -2.40. The third kappa shape index (κ3) is 4.68. The molecule has 6 nitrogen and oxygen atoms in total. The molecule has 0 unspecified atom stereocenters. The second kappa shape index (κ2) is 9.10. The first-order chi connectivity index (χ1) is 14.9. The predicted octanol–water partition coefficient (Wildman–Crippen LogP) is 3.24. The maximum Gasteiger partial charge on any atom is 0.254 e. The van der Waals surface area contributed by atoms with E-state index in [-0.39, 0.29) is 16.8 Å². The fourth-order valence-electron chi connectivity index (χ4n) is 4.43. The second-order valence-corrected chi connectivity index (χ2v) is 10.7. The van der Waals surface area contributed by atoms with Crippen LogP contribution < -0.4 is 0 Å². The van der Waals surface area contributed by atoms with Crippen molar-refractivity contribution in [2.24, 2.45) is 5.92 Å². The summed E-state index contributed by atoms with van der Waals surface area (Å²) in [6, 6.07) is 16.5. The molecule has 0 N–H and O–H groups in total. The zero-order chi connectivity index (χ0) is 22.0. The summed E-state index contributed by atoms with van der Waals surface area (Å²) in [7, 11) is -1.44. The number of rotatable bonds is 4. The van der Waals surface area contributed by atoms with Gasteiger partial charge < -0.3 is 9.80 Å². The monoisotopic (exact) mass is 441 g/mol. The highest BCUT2D eigenvalue weighted by Gasteiger charge is 2.32. The van der Waals surface area contributed by atoms with Gasteiger partial charge in [0.15, 0.2) is 0 Å². The molecule has 7 heteroatoms. The SMILES string of the molecule is CC1CCN(S(=O)(=O)c2ccc(C(=O)N3CCN(C)C[C@@H]3c3ccccc3)cc2)CC1. The van der Waals surface area contributed by atoms with Crippen LogP contribution in [0.5, 0.6) is 0 Å². The van der Waals surface area contributed by atoms with E-state index in [1.54, 1.807) is 28.6 Å². The van der Waals surface area contributed by atoms with E-state index in [9.17, 15) is 13.2 Å². The molecule has 2 saturated heterocycles. The number of carbonyl (C=O) groups excluding carboxylic acids is 1. The summed E-state index contributed by atoms with van der Waals surface area (Å²) in [6.07, 6.45) is 1.78. The van der Waals surface area contributed by atoms with E-state index in [1.165, 1.54) is 0 Å². The number of hydrogen-bond acceptors (Lipinski definition) is 4. The standard InChI is InChI=1S/C24H31N3O3S/c1-19-12-14-26(15-13-19)31(29,30)22-10-8-21(9-11-22)24(28)27-17-16-25(2)18-23(27)20-6-4-3-5-7-20/h3-11,19,23H,12-18H2,1-2H3/t23-/m1/s1. The van der Waals surface area contributed by atoms with Gasteiger partial charge in [-0.3, -0.25) is 4.79 Å². The Morgan fingerprint density at radius 1 is 0.903 bits per heavy atom. The smallest absolute Gasteiger partial charge is 0.254 e. The van der Waals surface area contributed by atoms with Crippen LogP contribution in [0.1, 0.15) is 41.7 Å². The molecule has 166 valence electrons. The summed E-state index contributed by atoms with van der Waals surface area (Å²) < 4.78 is 27.5. The highest BCUT2D eigenvalue weighted by atomic mass is 32.2. The van der Waals surface area contributed by atoms with Crippen molar-refractivity contribution in [3.63, 3.8) is 0 Å². The number of carbonyl (C=O) groups is 1. The Morgan fingerprint density at radius 2 is 1.55 bits per heavy atom. The van der Waals surface area contributed by atoms with Crippen LogP contribution in [-0.2, 0) is 10.0 Å². The van der Waals surface area contributed by atoms with E-state index in [0.29, 0.717) is 31.1 Å². The van der Waals surface area contributed by atoms with Gasteiger partial charge in [-0.1, -0.05) is 37.3 Å². The number of benzene rings is 2. The van der Waals surface area contributed by atoms with Gasteiger partial charge in [0, 0.05) is 38.3 Å². The fourth-order valence-corrected chi connectivity index (χ4v) is 5.90. The van der Waals surface area contributed by atoms with Crippen molar-refractivity contribution in [2.75, 3.05) is 39.8 Å². The molecule has 4 rings (SSSR count). The van der Waals surface area contributed by atoms with Crippen molar-refractivity contribution in [2.45, 2.75) is 30.7 Å². The van der Waals surface area contributed by atoms with E-state index in [1.807, 2.05) is 23.1 Å². The quantitative estimate of drug-likeness (QED) is 0.731. The van der Waals surface area contributed by atoms with E-state index in [4.69, 9.17) is 0 Å². The summed E-state index contributed by atoms with van der Waals surface area (Å²) in [5.41, 5.74) is 1.64. The number of hydrogen-bond donors (Lipinski definition) is 0. The summed E-state index contributed by atoms with van der Waals surface area (Å²) in [5, 5.41) is 0. The van der Waals surface area contributed by atoms with Crippen LogP contribution in [-0.4, -0.2) is 68.2 Å². The molecule has 2 aliphatic heterocycles. The van der Waals surface area contributed by atoms with Gasteiger partial charge in [0.2, 0.25) is 10.0 Å². The summed E-state index contributed by atoms with van der Waals surface area (Å²) in [4.78, 5) is 17.7. The third-order valence-electron chi connectivity index (χ3n) is 6.51. The van der Waals surface area contributed by atoms with Gasteiger partial charge in [0.1, 0.15) is 0 Å². The first kappa shape index (κ1) is 22.0. The molecule has 0 aliphatic carbocycles. The molecular formula is C24H31N3O3S. The maximum absolute atomic E-state index is 13.3. The normalized spacial score (nSPS) is 21.9. The van der Waals surface area contributed by atoms with Gasteiger partial charge in [0.25, 0.3) is 5.91 Å². The largest absolute Gasteiger partial charge is 0.329 e. The molecule has 0 aromatic heterocycles. The van der Waals surface area contributed by atoms with Crippen LogP contribution in [0.4, 0.5) is 0 Å². The Balaban J connectivity index is 1.53. The lowest BCUT2D eigenvalue weighted by Crippen LogP contribution is -2.49. The van der Waals surface area contributed by atoms with Crippen molar-refractivity contribution < 1.29 is 13.2 Å². The average molecular weight is 442 g/mol. The summed E-state index contributed by atoms with van der Waals surface area (Å²) >= 11 is 0. The predicted molar refractivity (Wildman–Crippen MR) is 121 cm³/mol. The minimum Gasteiger partial charge on any atom is -0.329 e. The van der Waals surface area contributed by atoms with Crippen LogP contribution in [0.25, 0.3) is 0 Å². The molecule has 2 aliphatic rings. The number of piperidine rings is 1. The Labute approximate surface area is 185 Å². The molecule has 2 fully saturated rings. The minimum absolute atomic E-state index is 0.0220. The first-order valence-corrected chi connectivity index (χ1v) is 12.4. The highest BCUT2D eigenvalue weighted by Crippen LogP contribution is 2.28. The lowest BCUT2D eigenvalue weighted by molar-refractivity contribution is 0.0498. The molecular weight excluding hydrogens is 410 g/mol. The minimum atomic E-state index is -3.51. The lowest BCUT2D eigenvalue weighted by atomic mass is 10.0. The number of sulfonamides is 1. The van der Waals surface area contributed by atoms with Gasteiger partial charge in [-0.2, -0.15) is 4.31 Å². The van der Waals surface area contributed by atoms with Crippen molar-refractivity contribution >= 4 is 15.9 Å². The molecule has 0 radical (unpaired) electrons. The van der Waals surface area contributed by atoms with Crippen LogP contribution in [0.15, 0.2) is 59.5 Å². The van der Waals surface area contributed by atoms with Crippen molar-refractivity contribution in [1.29, 1.82) is 0 Å². The van der Waals surface area contributed by atoms with E-state index < -0.39 is 10.0 Å². The molecule has 2 aromatic carbocycles.